The van der Waals surface area contributed by atoms with Gasteiger partial charge in [-0.3, -0.25) is 10.1 Å². The zero-order valence-corrected chi connectivity index (χ0v) is 11.5. The third kappa shape index (κ3) is 2.84. The number of nitro benzene ring substituents is 1. The first-order chi connectivity index (χ1) is 7.90. The molecule has 0 amide bonds. The molecule has 1 saturated carbocycles. The van der Waals surface area contributed by atoms with Crippen molar-refractivity contribution >= 4 is 21.6 Å². The van der Waals surface area contributed by atoms with E-state index in [0.717, 1.165) is 16.6 Å². The Kier molecular flexibility index (Phi) is 3.23. The monoisotopic (exact) mass is 298 g/mol. The zero-order valence-electron chi connectivity index (χ0n) is 9.87. The summed E-state index contributed by atoms with van der Waals surface area (Å²) >= 11 is 3.37. The van der Waals surface area contributed by atoms with Crippen LogP contribution in [-0.4, -0.2) is 11.0 Å². The second kappa shape index (κ2) is 4.38. The van der Waals surface area contributed by atoms with E-state index >= 15 is 0 Å². The number of benzene rings is 1. The summed E-state index contributed by atoms with van der Waals surface area (Å²) in [5.74, 6) is 0. The van der Waals surface area contributed by atoms with Crippen LogP contribution in [0.25, 0.3) is 0 Å². The molecule has 0 radical (unpaired) electrons. The number of nitrogens with zero attached hydrogens (tertiary/aromatic N) is 1. The van der Waals surface area contributed by atoms with E-state index < -0.39 is 0 Å². The Morgan fingerprint density at radius 2 is 2.24 bits per heavy atom. The highest BCUT2D eigenvalue weighted by Crippen LogP contribution is 2.44. The summed E-state index contributed by atoms with van der Waals surface area (Å²) in [5, 5.41) is 14.0. The van der Waals surface area contributed by atoms with Gasteiger partial charge in [0.05, 0.1) is 4.92 Å². The van der Waals surface area contributed by atoms with Gasteiger partial charge < -0.3 is 5.32 Å². The molecule has 1 fully saturated rings. The molecule has 0 aromatic heterocycles. The smallest absolute Gasteiger partial charge is 0.270 e. The molecular formula is C12H15BrN2O2. The van der Waals surface area contributed by atoms with E-state index in [4.69, 9.17) is 0 Å². The minimum absolute atomic E-state index is 0.118. The van der Waals surface area contributed by atoms with Crippen molar-refractivity contribution in [3.8, 4) is 0 Å². The van der Waals surface area contributed by atoms with E-state index in [9.17, 15) is 10.1 Å². The Labute approximate surface area is 109 Å². The average molecular weight is 299 g/mol. The van der Waals surface area contributed by atoms with Crippen LogP contribution < -0.4 is 5.32 Å². The van der Waals surface area contributed by atoms with Crippen LogP contribution in [0.5, 0.6) is 0 Å². The van der Waals surface area contributed by atoms with Crippen molar-refractivity contribution in [2.75, 3.05) is 0 Å². The average Bonchev–Trinajstić information content (AvgIpc) is 2.84. The molecule has 1 aromatic carbocycles. The van der Waals surface area contributed by atoms with E-state index in [-0.39, 0.29) is 10.6 Å². The van der Waals surface area contributed by atoms with E-state index in [1.54, 1.807) is 18.2 Å². The third-order valence-electron chi connectivity index (χ3n) is 3.30. The molecule has 1 N–H and O–H groups in total. The van der Waals surface area contributed by atoms with Gasteiger partial charge in [0.2, 0.25) is 0 Å². The maximum atomic E-state index is 10.6. The molecule has 1 aliphatic rings. The van der Waals surface area contributed by atoms with Crippen molar-refractivity contribution in [1.29, 1.82) is 0 Å². The largest absolute Gasteiger partial charge is 0.309 e. The van der Waals surface area contributed by atoms with Gasteiger partial charge in [0, 0.05) is 29.2 Å². The Bertz CT molecular complexity index is 460. The van der Waals surface area contributed by atoms with Crippen LogP contribution in [-0.2, 0) is 6.54 Å². The van der Waals surface area contributed by atoms with Gasteiger partial charge in [-0.2, -0.15) is 0 Å². The van der Waals surface area contributed by atoms with Crippen LogP contribution in [0.4, 0.5) is 5.69 Å². The van der Waals surface area contributed by atoms with Gasteiger partial charge in [0.1, 0.15) is 0 Å². The van der Waals surface area contributed by atoms with Gasteiger partial charge in [-0.15, -0.1) is 0 Å². The van der Waals surface area contributed by atoms with E-state index in [0.29, 0.717) is 11.5 Å². The second-order valence-corrected chi connectivity index (χ2v) is 6.01. The molecule has 0 heterocycles. The molecule has 92 valence electrons. The van der Waals surface area contributed by atoms with Crippen molar-refractivity contribution in [1.82, 2.24) is 5.32 Å². The highest BCUT2D eigenvalue weighted by Gasteiger charge is 2.45. The van der Waals surface area contributed by atoms with E-state index in [1.807, 2.05) is 0 Å². The maximum absolute atomic E-state index is 10.6. The molecular weight excluding hydrogens is 284 g/mol. The van der Waals surface area contributed by atoms with E-state index in [1.165, 1.54) is 6.42 Å². The van der Waals surface area contributed by atoms with Crippen molar-refractivity contribution in [2.24, 2.45) is 5.41 Å². The summed E-state index contributed by atoms with van der Waals surface area (Å²) in [5.41, 5.74) is 1.57. The van der Waals surface area contributed by atoms with Gasteiger partial charge in [-0.05, 0) is 23.5 Å². The van der Waals surface area contributed by atoms with Gasteiger partial charge in [0.25, 0.3) is 5.69 Å². The van der Waals surface area contributed by atoms with Gasteiger partial charge in [-0.25, -0.2) is 0 Å². The van der Waals surface area contributed by atoms with Crippen LogP contribution in [0.1, 0.15) is 25.8 Å². The summed E-state index contributed by atoms with van der Waals surface area (Å²) in [6.45, 7) is 5.21. The molecule has 0 bridgehead atoms. The van der Waals surface area contributed by atoms with Crippen LogP contribution in [0, 0.1) is 15.5 Å². The summed E-state index contributed by atoms with van der Waals surface area (Å²) < 4.78 is 0.789. The van der Waals surface area contributed by atoms with Gasteiger partial charge in [0.15, 0.2) is 0 Å². The first-order valence-electron chi connectivity index (χ1n) is 5.56. The lowest BCUT2D eigenvalue weighted by Gasteiger charge is -2.08. The molecule has 1 aromatic rings. The molecule has 1 atom stereocenters. The Balaban J connectivity index is 2.00. The number of nitrogens with one attached hydrogen (secondary N) is 1. The molecule has 1 unspecified atom stereocenters. The van der Waals surface area contributed by atoms with Crippen LogP contribution >= 0.6 is 15.9 Å². The first kappa shape index (κ1) is 12.5. The third-order valence-corrected chi connectivity index (χ3v) is 4.04. The number of rotatable bonds is 4. The fourth-order valence-corrected chi connectivity index (χ4v) is 2.35. The summed E-state index contributed by atoms with van der Waals surface area (Å²) in [7, 11) is 0. The summed E-state index contributed by atoms with van der Waals surface area (Å²) in [6, 6.07) is 5.45. The molecule has 0 aliphatic heterocycles. The fraction of sp³-hybridized carbons (Fsp3) is 0.500. The topological polar surface area (TPSA) is 55.2 Å². The number of nitro groups is 1. The molecule has 17 heavy (non-hydrogen) atoms. The number of hydrogen-bond donors (Lipinski definition) is 1. The number of hydrogen-bond acceptors (Lipinski definition) is 3. The molecule has 5 heteroatoms. The van der Waals surface area contributed by atoms with Crippen molar-refractivity contribution < 1.29 is 4.92 Å². The van der Waals surface area contributed by atoms with Gasteiger partial charge >= 0.3 is 0 Å². The van der Waals surface area contributed by atoms with E-state index in [2.05, 4.69) is 35.1 Å². The number of halogens is 1. The summed E-state index contributed by atoms with van der Waals surface area (Å²) in [4.78, 5) is 10.2. The minimum atomic E-state index is -0.383. The lowest BCUT2D eigenvalue weighted by molar-refractivity contribution is -0.384. The lowest BCUT2D eigenvalue weighted by Crippen LogP contribution is -2.20. The quantitative estimate of drug-likeness (QED) is 0.686. The van der Waals surface area contributed by atoms with Crippen LogP contribution in [0.2, 0.25) is 0 Å². The SMILES string of the molecule is CC1(C)CC1NCc1ccc([N+](=O)[O-])cc1Br. The molecule has 1 aliphatic carbocycles. The Morgan fingerprint density at radius 3 is 2.71 bits per heavy atom. The Morgan fingerprint density at radius 1 is 1.59 bits per heavy atom. The normalized spacial score (nSPS) is 21.2. The minimum Gasteiger partial charge on any atom is -0.309 e. The van der Waals surface area contributed by atoms with Gasteiger partial charge in [-0.1, -0.05) is 29.8 Å². The maximum Gasteiger partial charge on any atom is 0.270 e. The zero-order chi connectivity index (χ0) is 12.6. The predicted octanol–water partition coefficient (Wildman–Crippen LogP) is 3.25. The molecule has 0 saturated heterocycles. The van der Waals surface area contributed by atoms with Crippen LogP contribution in [0.15, 0.2) is 22.7 Å². The van der Waals surface area contributed by atoms with Crippen molar-refractivity contribution in [2.45, 2.75) is 32.9 Å². The highest BCUT2D eigenvalue weighted by atomic mass is 79.9. The number of non-ortho nitro benzene ring substituents is 1. The first-order valence-corrected chi connectivity index (χ1v) is 6.36. The summed E-state index contributed by atoms with van der Waals surface area (Å²) in [6.07, 6.45) is 1.19. The van der Waals surface area contributed by atoms with Crippen molar-refractivity contribution in [3.05, 3.63) is 38.3 Å². The second-order valence-electron chi connectivity index (χ2n) is 5.16. The van der Waals surface area contributed by atoms with Crippen molar-refractivity contribution in [3.63, 3.8) is 0 Å². The lowest BCUT2D eigenvalue weighted by atomic mass is 10.1. The van der Waals surface area contributed by atoms with Crippen LogP contribution in [0.3, 0.4) is 0 Å². The fourth-order valence-electron chi connectivity index (χ4n) is 1.84. The molecule has 4 nitrogen and oxygen atoms in total. The molecule has 0 spiro atoms. The Hall–Kier alpha value is -0.940. The highest BCUT2D eigenvalue weighted by molar-refractivity contribution is 9.10. The standard InChI is InChI=1S/C12H15BrN2O2/c1-12(2)6-11(12)14-7-8-3-4-9(15(16)17)5-10(8)13/h3-5,11,14H,6-7H2,1-2H3. The molecule has 2 rings (SSSR count). The predicted molar refractivity (Wildman–Crippen MR) is 69.8 cm³/mol.